The second-order valence-electron chi connectivity index (χ2n) is 7.66. The molecule has 0 fully saturated rings. The predicted molar refractivity (Wildman–Crippen MR) is 128 cm³/mol. The van der Waals surface area contributed by atoms with E-state index in [1.807, 2.05) is 19.9 Å². The normalized spacial score (nSPS) is 11.0. The van der Waals surface area contributed by atoms with Gasteiger partial charge in [-0.2, -0.15) is 8.42 Å². The van der Waals surface area contributed by atoms with E-state index in [0.717, 1.165) is 17.4 Å². The fourth-order valence-electron chi connectivity index (χ4n) is 3.18. The van der Waals surface area contributed by atoms with Crippen molar-refractivity contribution < 1.29 is 32.3 Å². The summed E-state index contributed by atoms with van der Waals surface area (Å²) in [5.41, 5.74) is 3.28. The molecule has 0 bridgehead atoms. The Kier molecular flexibility index (Phi) is 7.18. The van der Waals surface area contributed by atoms with Crippen LogP contribution in [-0.4, -0.2) is 38.6 Å². The molecule has 0 aliphatic heterocycles. The van der Waals surface area contributed by atoms with Crippen molar-refractivity contribution in [2.45, 2.75) is 13.8 Å². The van der Waals surface area contributed by atoms with Crippen molar-refractivity contribution in [2.24, 2.45) is 0 Å². The second-order valence-corrected chi connectivity index (χ2v) is 9.24. The number of rotatable bonds is 8. The smallest absolute Gasteiger partial charge is 0.306 e. The van der Waals surface area contributed by atoms with Crippen molar-refractivity contribution in [3.05, 3.63) is 66.2 Å². The molecule has 3 rings (SSSR count). The number of ether oxygens (including phenoxy) is 2. The lowest BCUT2D eigenvalue weighted by Gasteiger charge is -2.17. The fourth-order valence-corrected chi connectivity index (χ4v) is 3.64. The van der Waals surface area contributed by atoms with E-state index in [1.165, 1.54) is 25.3 Å². The summed E-state index contributed by atoms with van der Waals surface area (Å²) in [6.45, 7) is 4.20. The molecule has 0 unspecified atom stereocenters. The van der Waals surface area contributed by atoms with E-state index in [4.69, 9.17) is 13.7 Å². The minimum Gasteiger partial charge on any atom is -0.508 e. The Bertz CT molecular complexity index is 1270. The Hall–Kier alpha value is -3.65. The maximum absolute atomic E-state index is 12.0. The third-order valence-electron chi connectivity index (χ3n) is 4.71. The Labute approximate surface area is 193 Å². The molecule has 0 amide bonds. The van der Waals surface area contributed by atoms with Crippen LogP contribution in [0.2, 0.25) is 0 Å². The number of phenolic OH excluding ortho intramolecular Hbond substituents is 2. The molecule has 2 N–H and O–H groups in total. The standard InChI is InChI=1S/C25H26O7S/c1-16(2)11-12-31-22-10-7-18(13-21(22)27)25-23(30-3)14-19(15-24(25)32-33(4,28)29)17-5-8-20(26)9-6-17/h5-11,13-15,26-27H,12H2,1-4H3. The molecule has 0 aliphatic carbocycles. The molecule has 0 radical (unpaired) electrons. The van der Waals surface area contributed by atoms with Crippen LogP contribution in [-0.2, 0) is 10.1 Å². The molecule has 0 heterocycles. The van der Waals surface area contributed by atoms with Gasteiger partial charge < -0.3 is 23.9 Å². The highest BCUT2D eigenvalue weighted by Gasteiger charge is 2.20. The largest absolute Gasteiger partial charge is 0.508 e. The number of allylic oxidation sites excluding steroid dienone is 1. The fraction of sp³-hybridized carbons (Fsp3) is 0.200. The minimum atomic E-state index is -3.87. The molecular weight excluding hydrogens is 444 g/mol. The Morgan fingerprint density at radius 2 is 1.52 bits per heavy atom. The highest BCUT2D eigenvalue weighted by atomic mass is 32.2. The van der Waals surface area contributed by atoms with Crippen LogP contribution < -0.4 is 13.7 Å². The van der Waals surface area contributed by atoms with E-state index in [0.29, 0.717) is 34.8 Å². The molecule has 0 saturated heterocycles. The van der Waals surface area contributed by atoms with E-state index in [1.54, 1.807) is 36.4 Å². The lowest BCUT2D eigenvalue weighted by Crippen LogP contribution is -2.07. The van der Waals surface area contributed by atoms with Gasteiger partial charge in [0.05, 0.1) is 18.9 Å². The van der Waals surface area contributed by atoms with Crippen LogP contribution >= 0.6 is 0 Å². The third-order valence-corrected chi connectivity index (χ3v) is 5.19. The maximum atomic E-state index is 12.0. The lowest BCUT2D eigenvalue weighted by atomic mass is 9.97. The molecule has 0 aliphatic rings. The zero-order valence-corrected chi connectivity index (χ0v) is 19.6. The average molecular weight is 471 g/mol. The van der Waals surface area contributed by atoms with Crippen molar-refractivity contribution in [3.63, 3.8) is 0 Å². The van der Waals surface area contributed by atoms with Crippen LogP contribution in [0.1, 0.15) is 13.8 Å². The van der Waals surface area contributed by atoms with Gasteiger partial charge in [-0.05, 0) is 73.0 Å². The summed E-state index contributed by atoms with van der Waals surface area (Å²) in [6, 6.07) is 14.5. The van der Waals surface area contributed by atoms with Gasteiger partial charge in [0.1, 0.15) is 18.1 Å². The van der Waals surface area contributed by atoms with E-state index in [-0.39, 0.29) is 17.2 Å². The Balaban J connectivity index is 2.12. The second kappa shape index (κ2) is 9.87. The first kappa shape index (κ1) is 24.0. The number of phenols is 2. The molecule has 0 spiro atoms. The summed E-state index contributed by atoms with van der Waals surface area (Å²) in [6.07, 6.45) is 2.84. The number of aromatic hydroxyl groups is 2. The molecule has 3 aromatic carbocycles. The highest BCUT2D eigenvalue weighted by molar-refractivity contribution is 7.86. The highest BCUT2D eigenvalue weighted by Crippen LogP contribution is 2.44. The molecule has 0 aromatic heterocycles. The SMILES string of the molecule is COc1cc(-c2ccc(O)cc2)cc(OS(C)(=O)=O)c1-c1ccc(OCC=C(C)C)c(O)c1. The van der Waals surface area contributed by atoms with Gasteiger partial charge in [0.2, 0.25) is 0 Å². The molecule has 8 heteroatoms. The van der Waals surface area contributed by atoms with Crippen LogP contribution in [0.25, 0.3) is 22.3 Å². The van der Waals surface area contributed by atoms with Gasteiger partial charge in [-0.3, -0.25) is 0 Å². The van der Waals surface area contributed by atoms with E-state index >= 15 is 0 Å². The van der Waals surface area contributed by atoms with Crippen LogP contribution in [0.5, 0.6) is 28.7 Å². The first-order valence-corrected chi connectivity index (χ1v) is 11.9. The molecule has 7 nitrogen and oxygen atoms in total. The summed E-state index contributed by atoms with van der Waals surface area (Å²) < 4.78 is 40.4. The van der Waals surface area contributed by atoms with Gasteiger partial charge in [0, 0.05) is 0 Å². The molecule has 0 atom stereocenters. The third kappa shape index (κ3) is 6.20. The molecule has 33 heavy (non-hydrogen) atoms. The summed E-state index contributed by atoms with van der Waals surface area (Å²) in [5.74, 6) is 0.679. The van der Waals surface area contributed by atoms with Crippen LogP contribution in [0.15, 0.2) is 66.2 Å². The van der Waals surface area contributed by atoms with Crippen molar-refractivity contribution >= 4 is 10.1 Å². The van der Waals surface area contributed by atoms with E-state index in [2.05, 4.69) is 0 Å². The summed E-state index contributed by atoms with van der Waals surface area (Å²) in [5, 5.41) is 20.1. The lowest BCUT2D eigenvalue weighted by molar-refractivity contribution is 0.335. The zero-order chi connectivity index (χ0) is 24.2. The van der Waals surface area contributed by atoms with Crippen molar-refractivity contribution in [3.8, 4) is 51.0 Å². The van der Waals surface area contributed by atoms with Crippen molar-refractivity contribution in [2.75, 3.05) is 20.0 Å². The Morgan fingerprint density at radius 1 is 0.879 bits per heavy atom. The van der Waals surface area contributed by atoms with Gasteiger partial charge >= 0.3 is 10.1 Å². The Morgan fingerprint density at radius 3 is 2.09 bits per heavy atom. The molecule has 0 saturated carbocycles. The van der Waals surface area contributed by atoms with Crippen molar-refractivity contribution in [1.82, 2.24) is 0 Å². The molecule has 174 valence electrons. The monoisotopic (exact) mass is 470 g/mol. The summed E-state index contributed by atoms with van der Waals surface area (Å²) in [4.78, 5) is 0. The van der Waals surface area contributed by atoms with Gasteiger partial charge in [-0.15, -0.1) is 0 Å². The van der Waals surface area contributed by atoms with Crippen LogP contribution in [0.4, 0.5) is 0 Å². The number of methoxy groups -OCH3 is 1. The maximum Gasteiger partial charge on any atom is 0.306 e. The summed E-state index contributed by atoms with van der Waals surface area (Å²) >= 11 is 0. The topological polar surface area (TPSA) is 102 Å². The van der Waals surface area contributed by atoms with Gasteiger partial charge in [0.25, 0.3) is 0 Å². The van der Waals surface area contributed by atoms with Gasteiger partial charge in [-0.1, -0.05) is 23.8 Å². The predicted octanol–water partition coefficient (Wildman–Crippen LogP) is 5.12. The summed E-state index contributed by atoms with van der Waals surface area (Å²) in [7, 11) is -2.41. The van der Waals surface area contributed by atoms with Gasteiger partial charge in [0.15, 0.2) is 17.2 Å². The number of benzene rings is 3. The van der Waals surface area contributed by atoms with Crippen LogP contribution in [0.3, 0.4) is 0 Å². The van der Waals surface area contributed by atoms with E-state index in [9.17, 15) is 18.6 Å². The zero-order valence-electron chi connectivity index (χ0n) is 18.8. The number of hydrogen-bond donors (Lipinski definition) is 2. The first-order chi connectivity index (χ1) is 15.6. The number of hydrogen-bond acceptors (Lipinski definition) is 7. The minimum absolute atomic E-state index is 0.0394. The molecular formula is C25H26O7S. The van der Waals surface area contributed by atoms with Gasteiger partial charge in [-0.25, -0.2) is 0 Å². The van der Waals surface area contributed by atoms with Crippen molar-refractivity contribution in [1.29, 1.82) is 0 Å². The average Bonchev–Trinajstić information content (AvgIpc) is 2.73. The molecule has 3 aromatic rings. The van der Waals surface area contributed by atoms with E-state index < -0.39 is 10.1 Å². The van der Waals surface area contributed by atoms with Crippen LogP contribution in [0, 0.1) is 0 Å². The first-order valence-electron chi connectivity index (χ1n) is 10.1. The quantitative estimate of drug-likeness (QED) is 0.348.